The Labute approximate surface area is 174 Å². The molecule has 0 bridgehead atoms. The van der Waals surface area contributed by atoms with Crippen LogP contribution >= 0.6 is 0 Å². The fourth-order valence-electron chi connectivity index (χ4n) is 3.79. The van der Waals surface area contributed by atoms with E-state index in [1.807, 2.05) is 0 Å². The standard InChI is InChI=1S/C22H26N4O4/c1-2-3-8-13-26-20(28)17-10-5-4-9-16(17)19(25-26)21(29)30-14-18(27)24-22(15-23)11-6-7-12-22/h4-5,9-10H,2-3,6-8,11-14H2,1H3,(H,24,27). The minimum absolute atomic E-state index is 0.00496. The fourth-order valence-corrected chi connectivity index (χ4v) is 3.79. The van der Waals surface area contributed by atoms with Crippen LogP contribution in [0.5, 0.6) is 0 Å². The summed E-state index contributed by atoms with van der Waals surface area (Å²) in [5.74, 6) is -1.30. The molecule has 0 spiro atoms. The molecule has 0 aliphatic heterocycles. The molecular formula is C22H26N4O4. The molecular weight excluding hydrogens is 384 g/mol. The van der Waals surface area contributed by atoms with Crippen LogP contribution in [0, 0.1) is 11.3 Å². The van der Waals surface area contributed by atoms with Gasteiger partial charge >= 0.3 is 5.97 Å². The minimum atomic E-state index is -0.874. The summed E-state index contributed by atoms with van der Waals surface area (Å²) in [5.41, 5.74) is -1.13. The van der Waals surface area contributed by atoms with Crippen LogP contribution in [0.3, 0.4) is 0 Å². The molecule has 0 radical (unpaired) electrons. The van der Waals surface area contributed by atoms with Crippen molar-refractivity contribution in [3.63, 3.8) is 0 Å². The summed E-state index contributed by atoms with van der Waals surface area (Å²) >= 11 is 0. The van der Waals surface area contributed by atoms with Crippen molar-refractivity contribution >= 4 is 22.6 Å². The molecule has 8 heteroatoms. The lowest BCUT2D eigenvalue weighted by molar-refractivity contribution is -0.125. The highest BCUT2D eigenvalue weighted by Crippen LogP contribution is 2.28. The third-order valence-electron chi connectivity index (χ3n) is 5.42. The average Bonchev–Trinajstić information content (AvgIpc) is 3.22. The Morgan fingerprint density at radius 3 is 2.60 bits per heavy atom. The number of benzene rings is 1. The number of fused-ring (bicyclic) bond motifs is 1. The number of aromatic nitrogens is 2. The molecule has 1 N–H and O–H groups in total. The van der Waals surface area contributed by atoms with Crippen LogP contribution in [0.1, 0.15) is 62.4 Å². The molecule has 1 heterocycles. The summed E-state index contributed by atoms with van der Waals surface area (Å²) in [7, 11) is 0. The molecule has 1 aliphatic carbocycles. The van der Waals surface area contributed by atoms with Crippen molar-refractivity contribution in [1.82, 2.24) is 15.1 Å². The predicted octanol–water partition coefficient (Wildman–Crippen LogP) is 2.70. The first-order valence-corrected chi connectivity index (χ1v) is 10.4. The Bertz CT molecular complexity index is 1030. The molecule has 30 heavy (non-hydrogen) atoms. The van der Waals surface area contributed by atoms with Gasteiger partial charge in [0, 0.05) is 11.9 Å². The lowest BCUT2D eigenvalue weighted by Gasteiger charge is -2.21. The number of carbonyl (C=O) groups excluding carboxylic acids is 2. The molecule has 1 aliphatic rings. The van der Waals surface area contributed by atoms with Crippen molar-refractivity contribution in [3.05, 3.63) is 40.3 Å². The number of unbranched alkanes of at least 4 members (excludes halogenated alkanes) is 2. The zero-order valence-electron chi connectivity index (χ0n) is 17.1. The van der Waals surface area contributed by atoms with Gasteiger partial charge in [0.1, 0.15) is 5.54 Å². The van der Waals surface area contributed by atoms with Crippen molar-refractivity contribution in [2.75, 3.05) is 6.61 Å². The zero-order chi connectivity index (χ0) is 21.6. The third kappa shape index (κ3) is 4.67. The highest BCUT2D eigenvalue weighted by molar-refractivity contribution is 6.02. The second kappa shape index (κ2) is 9.53. The molecule has 1 fully saturated rings. The van der Waals surface area contributed by atoms with E-state index in [2.05, 4.69) is 23.4 Å². The van der Waals surface area contributed by atoms with Crippen molar-refractivity contribution < 1.29 is 14.3 Å². The minimum Gasteiger partial charge on any atom is -0.451 e. The van der Waals surface area contributed by atoms with Gasteiger partial charge in [-0.25, -0.2) is 9.48 Å². The van der Waals surface area contributed by atoms with E-state index in [4.69, 9.17) is 4.74 Å². The molecule has 0 saturated heterocycles. The maximum atomic E-state index is 12.7. The van der Waals surface area contributed by atoms with Gasteiger partial charge < -0.3 is 10.1 Å². The van der Waals surface area contributed by atoms with Crippen LogP contribution in [0.15, 0.2) is 29.1 Å². The van der Waals surface area contributed by atoms with Crippen LogP contribution in [-0.4, -0.2) is 33.8 Å². The van der Waals surface area contributed by atoms with Crippen LogP contribution in [0.4, 0.5) is 0 Å². The van der Waals surface area contributed by atoms with E-state index >= 15 is 0 Å². The number of hydrogen-bond donors (Lipinski definition) is 1. The first kappa shape index (κ1) is 21.5. The fraction of sp³-hybridized carbons (Fsp3) is 0.500. The number of aryl methyl sites for hydroxylation is 1. The largest absolute Gasteiger partial charge is 0.451 e. The molecule has 0 unspecified atom stereocenters. The number of nitrogens with one attached hydrogen (secondary N) is 1. The first-order chi connectivity index (χ1) is 14.5. The molecule has 158 valence electrons. The summed E-state index contributed by atoms with van der Waals surface area (Å²) in [5, 5.41) is 17.1. The number of amides is 1. The average molecular weight is 410 g/mol. The Morgan fingerprint density at radius 2 is 1.93 bits per heavy atom. The summed E-state index contributed by atoms with van der Waals surface area (Å²) in [6, 6.07) is 8.90. The Kier molecular flexibility index (Phi) is 6.83. The van der Waals surface area contributed by atoms with Crippen molar-refractivity contribution in [1.29, 1.82) is 5.26 Å². The summed E-state index contributed by atoms with van der Waals surface area (Å²) in [4.78, 5) is 37.6. The Hall–Kier alpha value is -3.21. The van der Waals surface area contributed by atoms with Gasteiger partial charge in [-0.2, -0.15) is 10.4 Å². The quantitative estimate of drug-likeness (QED) is 0.529. The summed E-state index contributed by atoms with van der Waals surface area (Å²) in [6.45, 7) is 1.96. The van der Waals surface area contributed by atoms with E-state index in [9.17, 15) is 19.6 Å². The van der Waals surface area contributed by atoms with E-state index in [1.54, 1.807) is 24.3 Å². The molecule has 1 aromatic heterocycles. The van der Waals surface area contributed by atoms with Crippen LogP contribution in [-0.2, 0) is 16.1 Å². The number of rotatable bonds is 8. The Morgan fingerprint density at radius 1 is 1.23 bits per heavy atom. The van der Waals surface area contributed by atoms with E-state index in [0.29, 0.717) is 30.2 Å². The van der Waals surface area contributed by atoms with E-state index in [-0.39, 0.29) is 11.3 Å². The first-order valence-electron chi connectivity index (χ1n) is 10.4. The van der Waals surface area contributed by atoms with Crippen molar-refractivity contribution in [2.45, 2.75) is 64.0 Å². The number of ether oxygens (including phenoxy) is 1. The maximum Gasteiger partial charge on any atom is 0.359 e. The van der Waals surface area contributed by atoms with E-state index in [0.717, 1.165) is 32.1 Å². The van der Waals surface area contributed by atoms with Gasteiger partial charge in [0.15, 0.2) is 12.3 Å². The maximum absolute atomic E-state index is 12.7. The molecule has 0 atom stereocenters. The smallest absolute Gasteiger partial charge is 0.359 e. The van der Waals surface area contributed by atoms with Crippen molar-refractivity contribution in [2.24, 2.45) is 0 Å². The van der Waals surface area contributed by atoms with Crippen LogP contribution in [0.25, 0.3) is 10.8 Å². The van der Waals surface area contributed by atoms with Gasteiger partial charge in [-0.05, 0) is 38.2 Å². The van der Waals surface area contributed by atoms with Gasteiger partial charge in [0.25, 0.3) is 11.5 Å². The van der Waals surface area contributed by atoms with Gasteiger partial charge in [-0.3, -0.25) is 9.59 Å². The summed E-state index contributed by atoms with van der Waals surface area (Å²) in [6.07, 6.45) is 5.66. The summed E-state index contributed by atoms with van der Waals surface area (Å²) < 4.78 is 6.47. The lowest BCUT2D eigenvalue weighted by Crippen LogP contribution is -2.46. The highest BCUT2D eigenvalue weighted by atomic mass is 16.5. The third-order valence-corrected chi connectivity index (χ3v) is 5.42. The van der Waals surface area contributed by atoms with E-state index in [1.165, 1.54) is 4.68 Å². The van der Waals surface area contributed by atoms with Crippen LogP contribution in [0.2, 0.25) is 0 Å². The molecule has 1 aromatic carbocycles. The van der Waals surface area contributed by atoms with E-state index < -0.39 is 24.0 Å². The molecule has 1 amide bonds. The Balaban J connectivity index is 1.77. The SMILES string of the molecule is CCCCCn1nc(C(=O)OCC(=O)NC2(C#N)CCCC2)c2ccccc2c1=O. The zero-order valence-corrected chi connectivity index (χ0v) is 17.1. The predicted molar refractivity (Wildman–Crippen MR) is 111 cm³/mol. The number of carbonyl (C=O) groups is 2. The van der Waals surface area contributed by atoms with Gasteiger partial charge in [-0.1, -0.05) is 38.0 Å². The lowest BCUT2D eigenvalue weighted by atomic mass is 10.00. The van der Waals surface area contributed by atoms with Gasteiger partial charge in [0.2, 0.25) is 0 Å². The van der Waals surface area contributed by atoms with Crippen LogP contribution < -0.4 is 10.9 Å². The second-order valence-electron chi connectivity index (χ2n) is 7.65. The molecule has 2 aromatic rings. The molecule has 8 nitrogen and oxygen atoms in total. The van der Waals surface area contributed by atoms with Gasteiger partial charge in [-0.15, -0.1) is 0 Å². The van der Waals surface area contributed by atoms with Crippen molar-refractivity contribution in [3.8, 4) is 6.07 Å². The normalized spacial score (nSPS) is 14.9. The molecule has 3 rings (SSSR count). The van der Waals surface area contributed by atoms with Gasteiger partial charge in [0.05, 0.1) is 11.5 Å². The monoisotopic (exact) mass is 410 g/mol. The number of hydrogen-bond acceptors (Lipinski definition) is 6. The second-order valence-corrected chi connectivity index (χ2v) is 7.65. The number of nitriles is 1. The molecule has 1 saturated carbocycles. The number of esters is 1. The topological polar surface area (TPSA) is 114 Å². The highest BCUT2D eigenvalue weighted by Gasteiger charge is 2.35. The number of nitrogens with zero attached hydrogens (tertiary/aromatic N) is 3.